The van der Waals surface area contributed by atoms with Gasteiger partial charge in [-0.05, 0) is 42.5 Å². The van der Waals surface area contributed by atoms with Gasteiger partial charge in [0.25, 0.3) is 17.7 Å². The molecule has 0 aliphatic carbocycles. The Hall–Kier alpha value is -2.26. The Bertz CT molecular complexity index is 1190. The maximum Gasteiger partial charge on any atom is 0.273 e. The van der Waals surface area contributed by atoms with E-state index in [1.165, 1.54) is 27.3 Å². The van der Waals surface area contributed by atoms with E-state index < -0.39 is 17.7 Å². The predicted octanol–water partition coefficient (Wildman–Crippen LogP) is 6.95. The molecule has 0 bridgehead atoms. The number of nitrogens with zero attached hydrogens (tertiary/aromatic N) is 3. The minimum absolute atomic E-state index is 0.0566. The van der Waals surface area contributed by atoms with E-state index in [2.05, 4.69) is 4.98 Å². The Morgan fingerprint density at radius 2 is 1.64 bits per heavy atom. The molecule has 3 aromatic rings. The number of alkyl halides is 2. The number of halogens is 5. The third-order valence-corrected chi connectivity index (χ3v) is 6.76. The van der Waals surface area contributed by atoms with Crippen molar-refractivity contribution in [2.45, 2.75) is 18.8 Å². The molecule has 4 rings (SSSR count). The van der Waals surface area contributed by atoms with Gasteiger partial charge in [-0.2, -0.15) is 0 Å². The lowest BCUT2D eigenvalue weighted by Crippen LogP contribution is -2.42. The van der Waals surface area contributed by atoms with Crippen molar-refractivity contribution in [3.05, 3.63) is 74.2 Å². The molecule has 172 valence electrons. The fourth-order valence-corrected chi connectivity index (χ4v) is 4.78. The van der Waals surface area contributed by atoms with Gasteiger partial charge in [0.05, 0.1) is 16.3 Å². The van der Waals surface area contributed by atoms with Gasteiger partial charge >= 0.3 is 0 Å². The molecule has 1 aliphatic heterocycles. The molecule has 1 fully saturated rings. The smallest absolute Gasteiger partial charge is 0.273 e. The number of hydrogen-bond acceptors (Lipinski definition) is 4. The van der Waals surface area contributed by atoms with E-state index in [4.69, 9.17) is 34.8 Å². The lowest BCUT2D eigenvalue weighted by molar-refractivity contribution is -0.0495. The molecule has 0 N–H and O–H groups in total. The largest absolute Gasteiger partial charge is 0.337 e. The summed E-state index contributed by atoms with van der Waals surface area (Å²) in [5, 5.41) is 2.74. The van der Waals surface area contributed by atoms with Crippen molar-refractivity contribution in [1.29, 1.82) is 0 Å². The number of anilines is 2. The molecule has 5 nitrogen and oxygen atoms in total. The van der Waals surface area contributed by atoms with Crippen molar-refractivity contribution in [1.82, 2.24) is 9.88 Å². The van der Waals surface area contributed by atoms with Crippen molar-refractivity contribution in [3.8, 4) is 0 Å². The second-order valence-electron chi connectivity index (χ2n) is 7.40. The molecule has 0 radical (unpaired) electrons. The van der Waals surface area contributed by atoms with Gasteiger partial charge in [-0.15, -0.1) is 11.3 Å². The Kier molecular flexibility index (Phi) is 6.91. The van der Waals surface area contributed by atoms with Crippen LogP contribution >= 0.6 is 46.1 Å². The first-order valence-electron chi connectivity index (χ1n) is 9.82. The average molecular weight is 531 g/mol. The molecule has 1 aromatic heterocycles. The molecule has 2 aromatic carbocycles. The fourth-order valence-electron chi connectivity index (χ4n) is 3.35. The Morgan fingerprint density at radius 1 is 1.00 bits per heavy atom. The summed E-state index contributed by atoms with van der Waals surface area (Å²) in [5.41, 5.74) is 0.730. The SMILES string of the molecule is O=C(c1csc(N(C(=O)c2ccc(Cl)cc2Cl)c2ccc(Cl)cc2)n1)N1CCC(F)(F)CC1. The minimum atomic E-state index is -2.76. The second-order valence-corrected chi connectivity index (χ2v) is 9.52. The van der Waals surface area contributed by atoms with Gasteiger partial charge in [-0.1, -0.05) is 34.8 Å². The second kappa shape index (κ2) is 9.54. The molecule has 0 spiro atoms. The zero-order valence-electron chi connectivity index (χ0n) is 16.9. The van der Waals surface area contributed by atoms with Crippen molar-refractivity contribution >= 4 is 68.8 Å². The van der Waals surface area contributed by atoms with E-state index in [-0.39, 0.29) is 47.3 Å². The van der Waals surface area contributed by atoms with Crippen LogP contribution in [0.4, 0.5) is 19.6 Å². The number of carbonyl (C=O) groups excluding carboxylic acids is 2. The van der Waals surface area contributed by atoms with Gasteiger partial charge in [0, 0.05) is 41.4 Å². The van der Waals surface area contributed by atoms with Crippen LogP contribution in [0.3, 0.4) is 0 Å². The van der Waals surface area contributed by atoms with E-state index in [9.17, 15) is 18.4 Å². The Balaban J connectivity index is 1.67. The molecule has 1 saturated heterocycles. The first kappa shape index (κ1) is 23.9. The molecular formula is C22H16Cl3F2N3O2S. The maximum atomic E-state index is 13.5. The molecule has 33 heavy (non-hydrogen) atoms. The van der Waals surface area contributed by atoms with Crippen LogP contribution < -0.4 is 4.90 Å². The number of benzene rings is 2. The number of hydrogen-bond donors (Lipinski definition) is 0. The number of carbonyl (C=O) groups is 2. The molecular weight excluding hydrogens is 515 g/mol. The molecule has 0 atom stereocenters. The highest BCUT2D eigenvalue weighted by atomic mass is 35.5. The maximum absolute atomic E-state index is 13.5. The number of aromatic nitrogens is 1. The third kappa shape index (κ3) is 5.30. The van der Waals surface area contributed by atoms with Gasteiger partial charge in [-0.25, -0.2) is 13.8 Å². The van der Waals surface area contributed by atoms with Gasteiger partial charge < -0.3 is 4.90 Å². The summed E-state index contributed by atoms with van der Waals surface area (Å²) in [6.07, 6.45) is -0.777. The van der Waals surface area contributed by atoms with Crippen LogP contribution in [0, 0.1) is 0 Å². The van der Waals surface area contributed by atoms with Crippen LogP contribution in [0.15, 0.2) is 47.8 Å². The number of piperidine rings is 1. The number of amides is 2. The van der Waals surface area contributed by atoms with Crippen LogP contribution in [0.1, 0.15) is 33.7 Å². The fraction of sp³-hybridized carbons (Fsp3) is 0.227. The Labute approximate surface area is 207 Å². The highest BCUT2D eigenvalue weighted by Gasteiger charge is 2.36. The van der Waals surface area contributed by atoms with Gasteiger partial charge in [0.1, 0.15) is 5.69 Å². The monoisotopic (exact) mass is 529 g/mol. The zero-order chi connectivity index (χ0) is 23.8. The summed E-state index contributed by atoms with van der Waals surface area (Å²) in [6.45, 7) is -0.113. The van der Waals surface area contributed by atoms with Crippen molar-refractivity contribution in [2.75, 3.05) is 18.0 Å². The van der Waals surface area contributed by atoms with Crippen LogP contribution in [0.5, 0.6) is 0 Å². The first-order chi connectivity index (χ1) is 15.6. The van der Waals surface area contributed by atoms with E-state index in [1.807, 2.05) is 0 Å². The highest BCUT2D eigenvalue weighted by Crippen LogP contribution is 2.34. The molecule has 0 saturated carbocycles. The van der Waals surface area contributed by atoms with Gasteiger partial charge in [-0.3, -0.25) is 14.5 Å². The number of likely N-dealkylation sites (tertiary alicyclic amines) is 1. The molecule has 1 aliphatic rings. The van der Waals surface area contributed by atoms with E-state index in [0.717, 1.165) is 11.3 Å². The van der Waals surface area contributed by atoms with E-state index in [0.29, 0.717) is 15.7 Å². The molecule has 0 unspecified atom stereocenters. The van der Waals surface area contributed by atoms with Gasteiger partial charge in [0.15, 0.2) is 5.13 Å². The van der Waals surface area contributed by atoms with Crippen LogP contribution in [0.25, 0.3) is 0 Å². The topological polar surface area (TPSA) is 53.5 Å². The van der Waals surface area contributed by atoms with E-state index >= 15 is 0 Å². The third-order valence-electron chi connectivity index (χ3n) is 5.13. The van der Waals surface area contributed by atoms with Crippen LogP contribution in [0.2, 0.25) is 15.1 Å². The number of rotatable bonds is 4. The van der Waals surface area contributed by atoms with Crippen LogP contribution in [-0.4, -0.2) is 40.7 Å². The lowest BCUT2D eigenvalue weighted by atomic mass is 10.1. The summed E-state index contributed by atoms with van der Waals surface area (Å²) in [7, 11) is 0. The quantitative estimate of drug-likeness (QED) is 0.367. The van der Waals surface area contributed by atoms with E-state index in [1.54, 1.807) is 30.3 Å². The zero-order valence-corrected chi connectivity index (χ0v) is 20.0. The summed E-state index contributed by atoms with van der Waals surface area (Å²) in [4.78, 5) is 33.3. The summed E-state index contributed by atoms with van der Waals surface area (Å²) in [5.74, 6) is -3.70. The highest BCUT2D eigenvalue weighted by molar-refractivity contribution is 7.14. The van der Waals surface area contributed by atoms with Crippen molar-refractivity contribution in [3.63, 3.8) is 0 Å². The van der Waals surface area contributed by atoms with Crippen molar-refractivity contribution < 1.29 is 18.4 Å². The van der Waals surface area contributed by atoms with Crippen molar-refractivity contribution in [2.24, 2.45) is 0 Å². The average Bonchev–Trinajstić information content (AvgIpc) is 3.24. The Morgan fingerprint density at radius 3 is 2.27 bits per heavy atom. The standard InChI is InChI=1S/C22H16Cl3F2N3O2S/c23-13-1-4-15(5-2-13)30(19(31)16-6-3-14(24)11-17(16)25)21-28-18(12-33-21)20(32)29-9-7-22(26,27)8-10-29/h1-6,11-12H,7-10H2. The molecule has 2 amide bonds. The molecule has 2 heterocycles. The first-order valence-corrected chi connectivity index (χ1v) is 11.8. The summed E-state index contributed by atoms with van der Waals surface area (Å²) < 4.78 is 26.9. The summed E-state index contributed by atoms with van der Waals surface area (Å²) >= 11 is 19.3. The van der Waals surface area contributed by atoms with Gasteiger partial charge in [0.2, 0.25) is 0 Å². The minimum Gasteiger partial charge on any atom is -0.337 e. The van der Waals surface area contributed by atoms with Crippen LogP contribution in [-0.2, 0) is 0 Å². The normalized spacial score (nSPS) is 15.4. The lowest BCUT2D eigenvalue weighted by Gasteiger charge is -2.31. The predicted molar refractivity (Wildman–Crippen MR) is 127 cm³/mol. The number of thiazole rings is 1. The molecule has 11 heteroatoms. The summed E-state index contributed by atoms with van der Waals surface area (Å²) in [6, 6.07) is 11.0.